The first-order chi connectivity index (χ1) is 9.09. The van der Waals surface area contributed by atoms with Gasteiger partial charge in [-0.05, 0) is 25.8 Å². The van der Waals surface area contributed by atoms with Crippen LogP contribution >= 0.6 is 23.5 Å². The summed E-state index contributed by atoms with van der Waals surface area (Å²) in [5.41, 5.74) is 0. The summed E-state index contributed by atoms with van der Waals surface area (Å²) < 4.78 is 23.1. The molecule has 1 saturated heterocycles. The number of hydrogen-bond donors (Lipinski definition) is 1. The summed E-state index contributed by atoms with van der Waals surface area (Å²) in [6, 6.07) is 0.477. The second-order valence-corrected chi connectivity index (χ2v) is 9.89. The molecule has 0 aromatic heterocycles. The third-order valence-electron chi connectivity index (χ3n) is 3.36. The van der Waals surface area contributed by atoms with Gasteiger partial charge in [0.25, 0.3) is 0 Å². The minimum atomic E-state index is -2.81. The van der Waals surface area contributed by atoms with Gasteiger partial charge >= 0.3 is 0 Å². The average Bonchev–Trinajstić information content (AvgIpc) is 2.43. The molecule has 1 aliphatic heterocycles. The molecule has 0 aromatic rings. The van der Waals surface area contributed by atoms with Crippen molar-refractivity contribution in [2.24, 2.45) is 0 Å². The first-order valence-electron chi connectivity index (χ1n) is 7.22. The van der Waals surface area contributed by atoms with E-state index in [9.17, 15) is 8.42 Å². The van der Waals surface area contributed by atoms with Crippen LogP contribution in [0.15, 0.2) is 0 Å². The molecule has 0 aromatic carbocycles. The molecule has 6 heteroatoms. The fourth-order valence-corrected chi connectivity index (χ4v) is 5.98. The van der Waals surface area contributed by atoms with Gasteiger partial charge in [-0.1, -0.05) is 13.8 Å². The molecule has 0 amide bonds. The first-order valence-corrected chi connectivity index (χ1v) is 11.2. The molecule has 0 spiro atoms. The van der Waals surface area contributed by atoms with Crippen LogP contribution in [0.1, 0.15) is 33.1 Å². The third-order valence-corrected chi connectivity index (χ3v) is 8.07. The molecule has 1 rings (SSSR count). The number of rotatable bonds is 9. The topological polar surface area (TPSA) is 46.2 Å². The van der Waals surface area contributed by atoms with E-state index in [1.54, 1.807) is 6.92 Å². The Balaban J connectivity index is 2.40. The maximum Gasteiger partial charge on any atom is 0.150 e. The Kier molecular flexibility index (Phi) is 8.86. The molecule has 1 N–H and O–H groups in total. The standard InChI is InChI=1S/C13H27NO2S3/c1-3-7-14-12(13-11-17-8-9-18-13)6-5-10-19(15,16)4-2/h12-14H,3-11H2,1-2H3. The zero-order valence-electron chi connectivity index (χ0n) is 12.1. The molecule has 0 saturated carbocycles. The maximum atomic E-state index is 11.5. The van der Waals surface area contributed by atoms with Gasteiger partial charge in [0.2, 0.25) is 0 Å². The number of hydrogen-bond acceptors (Lipinski definition) is 5. The summed E-state index contributed by atoms with van der Waals surface area (Å²) in [5.74, 6) is 4.30. The molecule has 0 aliphatic carbocycles. The molecule has 1 aliphatic rings. The summed E-state index contributed by atoms with van der Waals surface area (Å²) in [6.07, 6.45) is 2.91. The average molecular weight is 326 g/mol. The first kappa shape index (κ1) is 17.7. The Bertz CT molecular complexity index is 327. The lowest BCUT2D eigenvalue weighted by Crippen LogP contribution is -2.41. The second-order valence-electron chi connectivity index (χ2n) is 4.92. The van der Waals surface area contributed by atoms with Gasteiger partial charge in [0, 0.05) is 34.3 Å². The van der Waals surface area contributed by atoms with Crippen LogP contribution in [0.3, 0.4) is 0 Å². The SMILES string of the molecule is CCCNC(CCCS(=O)(=O)CC)C1CSCCS1. The molecule has 2 atom stereocenters. The minimum Gasteiger partial charge on any atom is -0.313 e. The van der Waals surface area contributed by atoms with Gasteiger partial charge in [0.05, 0.1) is 5.75 Å². The van der Waals surface area contributed by atoms with Crippen LogP contribution in [0.4, 0.5) is 0 Å². The zero-order chi connectivity index (χ0) is 14.1. The van der Waals surface area contributed by atoms with Gasteiger partial charge in [0.15, 0.2) is 0 Å². The van der Waals surface area contributed by atoms with E-state index in [2.05, 4.69) is 24.0 Å². The van der Waals surface area contributed by atoms with E-state index in [1.165, 1.54) is 17.3 Å². The molecule has 2 unspecified atom stereocenters. The monoisotopic (exact) mass is 325 g/mol. The Hall–Kier alpha value is 0.610. The van der Waals surface area contributed by atoms with Crippen molar-refractivity contribution in [3.63, 3.8) is 0 Å². The lowest BCUT2D eigenvalue weighted by atomic mass is 10.1. The summed E-state index contributed by atoms with van der Waals surface area (Å²) in [4.78, 5) is 0. The van der Waals surface area contributed by atoms with Crippen LogP contribution in [0.2, 0.25) is 0 Å². The summed E-state index contributed by atoms with van der Waals surface area (Å²) in [6.45, 7) is 4.94. The Labute approximate surface area is 127 Å². The van der Waals surface area contributed by atoms with Gasteiger partial charge in [-0.2, -0.15) is 23.5 Å². The molecular formula is C13H27NO2S3. The number of nitrogens with one attached hydrogen (secondary N) is 1. The van der Waals surface area contributed by atoms with Crippen molar-refractivity contribution in [3.8, 4) is 0 Å². The van der Waals surface area contributed by atoms with Crippen molar-refractivity contribution in [1.82, 2.24) is 5.32 Å². The molecular weight excluding hydrogens is 298 g/mol. The highest BCUT2D eigenvalue weighted by atomic mass is 32.2. The van der Waals surface area contributed by atoms with E-state index in [0.29, 0.717) is 17.0 Å². The smallest absolute Gasteiger partial charge is 0.150 e. The molecule has 1 heterocycles. The van der Waals surface area contributed by atoms with Gasteiger partial charge < -0.3 is 5.32 Å². The minimum absolute atomic E-state index is 0.272. The van der Waals surface area contributed by atoms with E-state index in [1.807, 2.05) is 11.8 Å². The van der Waals surface area contributed by atoms with Crippen molar-refractivity contribution in [2.75, 3.05) is 35.3 Å². The molecule has 3 nitrogen and oxygen atoms in total. The van der Waals surface area contributed by atoms with Crippen LogP contribution in [-0.4, -0.2) is 55.0 Å². The third kappa shape index (κ3) is 7.25. The normalized spacial score (nSPS) is 22.3. The second kappa shape index (κ2) is 9.53. The van der Waals surface area contributed by atoms with Crippen molar-refractivity contribution in [1.29, 1.82) is 0 Å². The largest absolute Gasteiger partial charge is 0.313 e. The van der Waals surface area contributed by atoms with E-state index in [4.69, 9.17) is 0 Å². The van der Waals surface area contributed by atoms with Gasteiger partial charge in [-0.25, -0.2) is 8.42 Å². The predicted molar refractivity (Wildman–Crippen MR) is 89.2 cm³/mol. The predicted octanol–water partition coefficient (Wildman–Crippen LogP) is 2.42. The van der Waals surface area contributed by atoms with Crippen LogP contribution in [-0.2, 0) is 9.84 Å². The van der Waals surface area contributed by atoms with Crippen LogP contribution in [0.5, 0.6) is 0 Å². The molecule has 1 fully saturated rings. The molecule has 0 radical (unpaired) electrons. The van der Waals surface area contributed by atoms with Gasteiger partial charge in [0.1, 0.15) is 9.84 Å². The van der Waals surface area contributed by atoms with Crippen molar-refractivity contribution in [3.05, 3.63) is 0 Å². The van der Waals surface area contributed by atoms with E-state index < -0.39 is 9.84 Å². The van der Waals surface area contributed by atoms with Crippen molar-refractivity contribution < 1.29 is 8.42 Å². The Morgan fingerprint density at radius 1 is 1.32 bits per heavy atom. The lowest BCUT2D eigenvalue weighted by Gasteiger charge is -2.30. The summed E-state index contributed by atoms with van der Waals surface area (Å²) >= 11 is 4.08. The summed E-state index contributed by atoms with van der Waals surface area (Å²) in [7, 11) is -2.81. The highest BCUT2D eigenvalue weighted by molar-refractivity contribution is 8.06. The Morgan fingerprint density at radius 3 is 2.68 bits per heavy atom. The summed E-state index contributed by atoms with van der Waals surface area (Å²) in [5, 5.41) is 4.26. The zero-order valence-corrected chi connectivity index (χ0v) is 14.5. The number of sulfone groups is 1. The van der Waals surface area contributed by atoms with E-state index in [0.717, 1.165) is 25.8 Å². The maximum absolute atomic E-state index is 11.5. The highest BCUT2D eigenvalue weighted by Crippen LogP contribution is 2.28. The molecule has 114 valence electrons. The lowest BCUT2D eigenvalue weighted by molar-refractivity contribution is 0.473. The molecule has 0 bridgehead atoms. The van der Waals surface area contributed by atoms with E-state index >= 15 is 0 Å². The quantitative estimate of drug-likeness (QED) is 0.705. The van der Waals surface area contributed by atoms with Gasteiger partial charge in [-0.3, -0.25) is 0 Å². The highest BCUT2D eigenvalue weighted by Gasteiger charge is 2.24. The Morgan fingerprint density at radius 2 is 2.11 bits per heavy atom. The number of thioether (sulfide) groups is 2. The van der Waals surface area contributed by atoms with Gasteiger partial charge in [-0.15, -0.1) is 0 Å². The van der Waals surface area contributed by atoms with Crippen molar-refractivity contribution in [2.45, 2.75) is 44.4 Å². The fraction of sp³-hybridized carbons (Fsp3) is 1.00. The van der Waals surface area contributed by atoms with Crippen LogP contribution in [0, 0.1) is 0 Å². The van der Waals surface area contributed by atoms with E-state index in [-0.39, 0.29) is 5.75 Å². The fourth-order valence-electron chi connectivity index (χ4n) is 2.15. The van der Waals surface area contributed by atoms with Crippen LogP contribution < -0.4 is 5.32 Å². The van der Waals surface area contributed by atoms with Crippen LogP contribution in [0.25, 0.3) is 0 Å². The molecule has 19 heavy (non-hydrogen) atoms. The van der Waals surface area contributed by atoms with Crippen molar-refractivity contribution >= 4 is 33.4 Å².